The van der Waals surface area contributed by atoms with Gasteiger partial charge in [-0.3, -0.25) is 19.7 Å². The van der Waals surface area contributed by atoms with Crippen molar-refractivity contribution in [3.05, 3.63) is 61.8 Å². The Balaban J connectivity index is 2.35. The third-order valence-corrected chi connectivity index (χ3v) is 3.68. The van der Waals surface area contributed by atoms with Gasteiger partial charge in [0, 0.05) is 35.6 Å². The lowest BCUT2D eigenvalue weighted by Gasteiger charge is -2.07. The fraction of sp³-hybridized carbons (Fsp3) is 0.333. The third-order valence-electron chi connectivity index (χ3n) is 3.68. The maximum atomic E-state index is 12.4. The molecule has 0 unspecified atom stereocenters. The summed E-state index contributed by atoms with van der Waals surface area (Å²) in [6, 6.07) is 4.01. The summed E-state index contributed by atoms with van der Waals surface area (Å²) < 4.78 is 3.07. The molecule has 0 fully saturated rings. The van der Waals surface area contributed by atoms with Gasteiger partial charge < -0.3 is 9.13 Å². The van der Waals surface area contributed by atoms with Gasteiger partial charge >= 0.3 is 0 Å². The van der Waals surface area contributed by atoms with Crippen LogP contribution in [0.1, 0.15) is 28.7 Å². The molecule has 0 N–H and O–H groups in total. The molecule has 2 aromatic heterocycles. The summed E-state index contributed by atoms with van der Waals surface area (Å²) in [7, 11) is 0. The number of nitro groups is 1. The van der Waals surface area contributed by atoms with E-state index in [-0.39, 0.29) is 18.0 Å². The van der Waals surface area contributed by atoms with E-state index in [1.165, 1.54) is 0 Å². The zero-order valence-electron chi connectivity index (χ0n) is 12.7. The fourth-order valence-corrected chi connectivity index (χ4v) is 2.56. The lowest BCUT2D eigenvalue weighted by atomic mass is 10.1. The number of carbonyl (C=O) groups excluding carboxylic acids is 1. The molecule has 0 aliphatic carbocycles. The fourth-order valence-electron chi connectivity index (χ4n) is 2.56. The molecular weight excluding hydrogens is 286 g/mol. The number of hydrogen-bond donors (Lipinski definition) is 0. The highest BCUT2D eigenvalue weighted by Gasteiger charge is 2.17. The van der Waals surface area contributed by atoms with Crippen LogP contribution in [0.25, 0.3) is 0 Å². The summed E-state index contributed by atoms with van der Waals surface area (Å²) in [5.41, 5.74) is 1.69. The minimum Gasteiger partial charge on any atom is -0.349 e. The Morgan fingerprint density at radius 1 is 1.32 bits per heavy atom. The van der Waals surface area contributed by atoms with Gasteiger partial charge in [-0.25, -0.2) is 0 Å². The smallest absolute Gasteiger partial charge is 0.285 e. The minimum absolute atomic E-state index is 0.214. The van der Waals surface area contributed by atoms with Crippen molar-refractivity contribution >= 4 is 11.5 Å². The molecule has 2 heterocycles. The Bertz CT molecular complexity index is 802. The lowest BCUT2D eigenvalue weighted by molar-refractivity contribution is -0.385. The van der Waals surface area contributed by atoms with Crippen LogP contribution in [0.4, 0.5) is 5.69 Å². The van der Waals surface area contributed by atoms with E-state index in [1.807, 2.05) is 25.3 Å². The number of aryl methyl sites for hydroxylation is 1. The quantitative estimate of drug-likeness (QED) is 0.480. The molecule has 0 saturated carbocycles. The molecular formula is C15H17N3O4. The lowest BCUT2D eigenvalue weighted by Crippen LogP contribution is -2.23. The largest absolute Gasteiger partial charge is 0.349 e. The highest BCUT2D eigenvalue weighted by atomic mass is 16.6. The molecule has 7 heteroatoms. The van der Waals surface area contributed by atoms with Gasteiger partial charge in [0.05, 0.1) is 17.7 Å². The van der Waals surface area contributed by atoms with Crippen LogP contribution in [-0.4, -0.2) is 19.8 Å². The predicted molar refractivity (Wildman–Crippen MR) is 81.3 cm³/mol. The molecule has 0 spiro atoms. The van der Waals surface area contributed by atoms with Crippen molar-refractivity contribution in [1.29, 1.82) is 0 Å². The van der Waals surface area contributed by atoms with Crippen LogP contribution in [-0.2, 0) is 13.1 Å². The predicted octanol–water partition coefficient (Wildman–Crippen LogP) is 2.08. The first-order valence-electron chi connectivity index (χ1n) is 6.90. The summed E-state index contributed by atoms with van der Waals surface area (Å²) >= 11 is 0. The highest BCUT2D eigenvalue weighted by molar-refractivity contribution is 5.97. The maximum Gasteiger partial charge on any atom is 0.285 e. The van der Waals surface area contributed by atoms with Gasteiger partial charge in [0.15, 0.2) is 5.78 Å². The van der Waals surface area contributed by atoms with E-state index in [9.17, 15) is 19.7 Å². The summed E-state index contributed by atoms with van der Waals surface area (Å²) in [6.07, 6.45) is 1.10. The van der Waals surface area contributed by atoms with Crippen molar-refractivity contribution in [3.8, 4) is 0 Å². The monoisotopic (exact) mass is 303 g/mol. The summed E-state index contributed by atoms with van der Waals surface area (Å²) in [5.74, 6) is -0.240. The topological polar surface area (TPSA) is 87.1 Å². The average molecular weight is 303 g/mol. The Hall–Kier alpha value is -2.70. The van der Waals surface area contributed by atoms with E-state index in [1.54, 1.807) is 6.07 Å². The normalized spacial score (nSPS) is 10.7. The molecule has 22 heavy (non-hydrogen) atoms. The van der Waals surface area contributed by atoms with Crippen LogP contribution < -0.4 is 5.56 Å². The zero-order chi connectivity index (χ0) is 16.4. The number of pyridine rings is 1. The first kappa shape index (κ1) is 15.7. The van der Waals surface area contributed by atoms with Crippen molar-refractivity contribution in [2.24, 2.45) is 0 Å². The van der Waals surface area contributed by atoms with E-state index in [2.05, 4.69) is 0 Å². The second-order valence-electron chi connectivity index (χ2n) is 5.06. The van der Waals surface area contributed by atoms with E-state index in [0.717, 1.165) is 40.8 Å². The Morgan fingerprint density at radius 2 is 2.00 bits per heavy atom. The standard InChI is InChI=1S/C15H17N3O4/c1-4-17-10(2)7-13(11(17)3)14(19)9-16-8-12(18(21)22)5-6-15(16)20/h5-8H,4,9H2,1-3H3. The molecule has 0 saturated heterocycles. The molecule has 2 aromatic rings. The van der Waals surface area contributed by atoms with Crippen molar-refractivity contribution in [3.63, 3.8) is 0 Å². The highest BCUT2D eigenvalue weighted by Crippen LogP contribution is 2.16. The molecule has 0 radical (unpaired) electrons. The zero-order valence-corrected chi connectivity index (χ0v) is 12.7. The van der Waals surface area contributed by atoms with Gasteiger partial charge in [-0.05, 0) is 26.8 Å². The average Bonchev–Trinajstić information content (AvgIpc) is 2.75. The molecule has 0 atom stereocenters. The SMILES string of the molecule is CCn1c(C)cc(C(=O)Cn2cc([N+](=O)[O-])ccc2=O)c1C. The minimum atomic E-state index is -0.594. The van der Waals surface area contributed by atoms with Crippen molar-refractivity contribution in [2.45, 2.75) is 33.9 Å². The number of hydrogen-bond acceptors (Lipinski definition) is 4. The molecule has 116 valence electrons. The second kappa shape index (κ2) is 5.97. The summed E-state index contributed by atoms with van der Waals surface area (Å²) in [6.45, 7) is 6.28. The summed E-state index contributed by atoms with van der Waals surface area (Å²) in [4.78, 5) is 34.3. The first-order chi connectivity index (χ1) is 10.3. The Kier molecular flexibility index (Phi) is 4.25. The second-order valence-corrected chi connectivity index (χ2v) is 5.06. The van der Waals surface area contributed by atoms with Crippen LogP contribution in [0.15, 0.2) is 29.2 Å². The molecule has 0 amide bonds. The van der Waals surface area contributed by atoms with E-state index < -0.39 is 10.5 Å². The van der Waals surface area contributed by atoms with Crippen molar-refractivity contribution in [1.82, 2.24) is 9.13 Å². The van der Waals surface area contributed by atoms with Gasteiger partial charge in [-0.15, -0.1) is 0 Å². The van der Waals surface area contributed by atoms with E-state index in [0.29, 0.717) is 5.56 Å². The van der Waals surface area contributed by atoms with Gasteiger partial charge in [-0.2, -0.15) is 0 Å². The Morgan fingerprint density at radius 3 is 2.55 bits per heavy atom. The van der Waals surface area contributed by atoms with Crippen molar-refractivity contribution < 1.29 is 9.72 Å². The van der Waals surface area contributed by atoms with E-state index in [4.69, 9.17) is 0 Å². The molecule has 0 aliphatic rings. The number of ketones is 1. The summed E-state index contributed by atoms with van der Waals surface area (Å²) in [5, 5.41) is 10.8. The molecule has 0 aromatic carbocycles. The van der Waals surface area contributed by atoms with Crippen LogP contribution >= 0.6 is 0 Å². The van der Waals surface area contributed by atoms with Crippen molar-refractivity contribution in [2.75, 3.05) is 0 Å². The first-order valence-corrected chi connectivity index (χ1v) is 6.90. The molecule has 0 bridgehead atoms. The van der Waals surface area contributed by atoms with E-state index >= 15 is 0 Å². The van der Waals surface area contributed by atoms with Crippen LogP contribution in [0.3, 0.4) is 0 Å². The van der Waals surface area contributed by atoms with Gasteiger partial charge in [0.25, 0.3) is 11.2 Å². The molecule has 2 rings (SSSR count). The number of rotatable bonds is 5. The van der Waals surface area contributed by atoms with Crippen LogP contribution in [0.5, 0.6) is 0 Å². The van der Waals surface area contributed by atoms with Crippen LogP contribution in [0, 0.1) is 24.0 Å². The van der Waals surface area contributed by atoms with Gasteiger partial charge in [0.2, 0.25) is 0 Å². The number of aromatic nitrogens is 2. The van der Waals surface area contributed by atoms with Gasteiger partial charge in [-0.1, -0.05) is 0 Å². The number of Topliss-reactive ketones (excluding diaryl/α,β-unsaturated/α-hetero) is 1. The molecule has 0 aliphatic heterocycles. The molecule has 7 nitrogen and oxygen atoms in total. The number of carbonyl (C=O) groups is 1. The number of nitrogens with zero attached hydrogens (tertiary/aromatic N) is 3. The Labute approximate surface area is 127 Å². The van der Waals surface area contributed by atoms with Crippen LogP contribution in [0.2, 0.25) is 0 Å². The third kappa shape index (κ3) is 2.83. The maximum absolute atomic E-state index is 12.4. The van der Waals surface area contributed by atoms with Gasteiger partial charge in [0.1, 0.15) is 0 Å².